The minimum atomic E-state index is -0.586. The molecule has 0 aromatic rings. The van der Waals surface area contributed by atoms with Gasteiger partial charge in [0, 0.05) is 6.08 Å². The molecule has 0 aliphatic heterocycles. The van der Waals surface area contributed by atoms with E-state index in [1.807, 2.05) is 0 Å². The van der Waals surface area contributed by atoms with Crippen LogP contribution in [-0.4, -0.2) is 23.3 Å². The minimum absolute atomic E-state index is 0.368. The fraction of sp³-hybridized carbons (Fsp3) is 0.727. The molecule has 82 valence electrons. The number of unbranched alkanes of at least 4 members (excludes halogenated alkanes) is 2. The Morgan fingerprint density at radius 1 is 1.43 bits per heavy atom. The zero-order chi connectivity index (χ0) is 11.0. The summed E-state index contributed by atoms with van der Waals surface area (Å²) in [7, 11) is 0. The van der Waals surface area contributed by atoms with Gasteiger partial charge in [-0.05, 0) is 33.1 Å². The van der Waals surface area contributed by atoms with Gasteiger partial charge in [0.05, 0.1) is 12.2 Å². The van der Waals surface area contributed by atoms with Crippen molar-refractivity contribution in [3.8, 4) is 0 Å². The molecule has 0 fully saturated rings. The molecule has 0 aromatic heterocycles. The predicted molar refractivity (Wildman–Crippen MR) is 55.9 cm³/mol. The average Bonchev–Trinajstić information content (AvgIpc) is 2.08. The van der Waals surface area contributed by atoms with Gasteiger partial charge in [0.25, 0.3) is 0 Å². The summed E-state index contributed by atoms with van der Waals surface area (Å²) in [6, 6.07) is 0. The molecule has 0 saturated carbocycles. The van der Waals surface area contributed by atoms with E-state index in [0.29, 0.717) is 6.61 Å². The van der Waals surface area contributed by atoms with Gasteiger partial charge in [0.1, 0.15) is 0 Å². The van der Waals surface area contributed by atoms with E-state index in [1.54, 1.807) is 13.8 Å². The Morgan fingerprint density at radius 2 is 2.07 bits per heavy atom. The zero-order valence-electron chi connectivity index (χ0n) is 9.08. The van der Waals surface area contributed by atoms with Crippen molar-refractivity contribution in [2.45, 2.75) is 45.1 Å². The highest BCUT2D eigenvalue weighted by Gasteiger charge is 2.10. The van der Waals surface area contributed by atoms with E-state index in [-0.39, 0.29) is 5.97 Å². The molecule has 0 saturated heterocycles. The Labute approximate surface area is 85.8 Å². The lowest BCUT2D eigenvalue weighted by Crippen LogP contribution is -2.17. The van der Waals surface area contributed by atoms with E-state index in [1.165, 1.54) is 0 Å². The van der Waals surface area contributed by atoms with Crippen LogP contribution in [0.3, 0.4) is 0 Å². The SMILES string of the molecule is C=CC(=O)OCCCCCC(C)(C)O. The Balaban J connectivity index is 3.22. The van der Waals surface area contributed by atoms with E-state index >= 15 is 0 Å². The summed E-state index contributed by atoms with van der Waals surface area (Å²) in [5.41, 5.74) is -0.586. The number of hydrogen-bond donors (Lipinski definition) is 1. The molecule has 0 aliphatic rings. The molecule has 0 rings (SSSR count). The van der Waals surface area contributed by atoms with E-state index < -0.39 is 5.60 Å². The second kappa shape index (κ2) is 6.60. The molecule has 0 amide bonds. The highest BCUT2D eigenvalue weighted by molar-refractivity contribution is 5.81. The lowest BCUT2D eigenvalue weighted by Gasteiger charge is -2.16. The number of esters is 1. The summed E-state index contributed by atoms with van der Waals surface area (Å²) in [6.07, 6.45) is 4.71. The van der Waals surface area contributed by atoms with Gasteiger partial charge in [-0.2, -0.15) is 0 Å². The third kappa shape index (κ3) is 9.26. The van der Waals surface area contributed by atoms with Gasteiger partial charge in [-0.3, -0.25) is 0 Å². The Kier molecular flexibility index (Phi) is 6.21. The third-order valence-electron chi connectivity index (χ3n) is 1.84. The van der Waals surface area contributed by atoms with E-state index in [0.717, 1.165) is 31.8 Å². The zero-order valence-corrected chi connectivity index (χ0v) is 9.08. The number of ether oxygens (including phenoxy) is 1. The second-order valence-electron chi connectivity index (χ2n) is 3.99. The van der Waals surface area contributed by atoms with Crippen molar-refractivity contribution >= 4 is 5.97 Å². The highest BCUT2D eigenvalue weighted by atomic mass is 16.5. The molecule has 0 heterocycles. The summed E-state index contributed by atoms with van der Waals surface area (Å²) in [5, 5.41) is 9.40. The molecule has 0 atom stereocenters. The molecule has 0 spiro atoms. The fourth-order valence-electron chi connectivity index (χ4n) is 1.07. The van der Waals surface area contributed by atoms with Gasteiger partial charge in [-0.15, -0.1) is 0 Å². The lowest BCUT2D eigenvalue weighted by atomic mass is 10.0. The van der Waals surface area contributed by atoms with Gasteiger partial charge in [-0.1, -0.05) is 13.0 Å². The second-order valence-corrected chi connectivity index (χ2v) is 3.99. The van der Waals surface area contributed by atoms with Gasteiger partial charge in [0.15, 0.2) is 0 Å². The van der Waals surface area contributed by atoms with Crippen LogP contribution in [0.15, 0.2) is 12.7 Å². The maximum atomic E-state index is 10.6. The smallest absolute Gasteiger partial charge is 0.330 e. The van der Waals surface area contributed by atoms with Crippen molar-refractivity contribution in [3.63, 3.8) is 0 Å². The van der Waals surface area contributed by atoms with E-state index in [2.05, 4.69) is 6.58 Å². The molecular formula is C11H20O3. The molecule has 14 heavy (non-hydrogen) atoms. The van der Waals surface area contributed by atoms with Gasteiger partial charge < -0.3 is 9.84 Å². The first-order valence-electron chi connectivity index (χ1n) is 4.97. The van der Waals surface area contributed by atoms with Gasteiger partial charge in [0.2, 0.25) is 0 Å². The topological polar surface area (TPSA) is 46.5 Å². The van der Waals surface area contributed by atoms with Crippen molar-refractivity contribution in [1.29, 1.82) is 0 Å². The molecule has 0 aliphatic carbocycles. The number of hydrogen-bond acceptors (Lipinski definition) is 3. The highest BCUT2D eigenvalue weighted by Crippen LogP contribution is 2.12. The van der Waals surface area contributed by atoms with Gasteiger partial charge >= 0.3 is 5.97 Å². The van der Waals surface area contributed by atoms with Crippen molar-refractivity contribution in [1.82, 2.24) is 0 Å². The summed E-state index contributed by atoms with van der Waals surface area (Å²) < 4.78 is 4.80. The molecule has 0 bridgehead atoms. The van der Waals surface area contributed by atoms with Crippen molar-refractivity contribution in [3.05, 3.63) is 12.7 Å². The van der Waals surface area contributed by atoms with Crippen molar-refractivity contribution in [2.75, 3.05) is 6.61 Å². The first-order valence-corrected chi connectivity index (χ1v) is 4.97. The fourth-order valence-corrected chi connectivity index (χ4v) is 1.07. The van der Waals surface area contributed by atoms with Crippen LogP contribution in [0, 0.1) is 0 Å². The quantitative estimate of drug-likeness (QED) is 0.388. The van der Waals surface area contributed by atoms with Gasteiger partial charge in [-0.25, -0.2) is 4.79 Å². The van der Waals surface area contributed by atoms with Crippen LogP contribution < -0.4 is 0 Å². The number of carbonyl (C=O) groups excluding carboxylic acids is 1. The van der Waals surface area contributed by atoms with Crippen LogP contribution in [0.2, 0.25) is 0 Å². The molecule has 3 heteroatoms. The molecule has 0 unspecified atom stereocenters. The maximum absolute atomic E-state index is 10.6. The van der Waals surface area contributed by atoms with Crippen LogP contribution >= 0.6 is 0 Å². The molecule has 0 aromatic carbocycles. The standard InChI is InChI=1S/C11H20O3/c1-4-10(12)14-9-7-5-6-8-11(2,3)13/h4,13H,1,5-9H2,2-3H3. The maximum Gasteiger partial charge on any atom is 0.330 e. The van der Waals surface area contributed by atoms with Crippen LogP contribution in [0.4, 0.5) is 0 Å². The largest absolute Gasteiger partial charge is 0.463 e. The van der Waals surface area contributed by atoms with Crippen LogP contribution in [0.1, 0.15) is 39.5 Å². The minimum Gasteiger partial charge on any atom is -0.463 e. The molecule has 3 nitrogen and oxygen atoms in total. The number of carbonyl (C=O) groups is 1. The summed E-state index contributed by atoms with van der Waals surface area (Å²) in [5.74, 6) is -0.368. The third-order valence-corrected chi connectivity index (χ3v) is 1.84. The van der Waals surface area contributed by atoms with Crippen LogP contribution in [0.25, 0.3) is 0 Å². The molecule has 0 radical (unpaired) electrons. The normalized spacial score (nSPS) is 11.1. The average molecular weight is 200 g/mol. The summed E-state index contributed by atoms with van der Waals surface area (Å²) >= 11 is 0. The predicted octanol–water partition coefficient (Wildman–Crippen LogP) is 2.05. The summed E-state index contributed by atoms with van der Waals surface area (Å²) in [4.78, 5) is 10.6. The Morgan fingerprint density at radius 3 is 2.57 bits per heavy atom. The van der Waals surface area contributed by atoms with Crippen molar-refractivity contribution in [2.24, 2.45) is 0 Å². The lowest BCUT2D eigenvalue weighted by molar-refractivity contribution is -0.137. The Bertz CT molecular complexity index is 179. The first-order chi connectivity index (χ1) is 6.45. The van der Waals surface area contributed by atoms with E-state index in [4.69, 9.17) is 4.74 Å². The molecular weight excluding hydrogens is 180 g/mol. The monoisotopic (exact) mass is 200 g/mol. The molecule has 1 N–H and O–H groups in total. The first kappa shape index (κ1) is 13.2. The van der Waals surface area contributed by atoms with E-state index in [9.17, 15) is 9.90 Å². The Hall–Kier alpha value is -0.830. The number of rotatable bonds is 7. The van der Waals surface area contributed by atoms with Crippen LogP contribution in [-0.2, 0) is 9.53 Å². The number of aliphatic hydroxyl groups is 1. The van der Waals surface area contributed by atoms with Crippen LogP contribution in [0.5, 0.6) is 0 Å². The summed E-state index contributed by atoms with van der Waals surface area (Å²) in [6.45, 7) is 7.33. The van der Waals surface area contributed by atoms with Crippen molar-refractivity contribution < 1.29 is 14.6 Å².